The molecule has 3 aromatic carbocycles. The highest BCUT2D eigenvalue weighted by molar-refractivity contribution is 5.89. The van der Waals surface area contributed by atoms with Gasteiger partial charge in [-0.1, -0.05) is 66.7 Å². The van der Waals surface area contributed by atoms with Gasteiger partial charge in [-0.25, -0.2) is 4.68 Å². The number of rotatable bonds is 10. The Bertz CT molecular complexity index is 1350. The van der Waals surface area contributed by atoms with Crippen LogP contribution in [0.15, 0.2) is 78.9 Å². The van der Waals surface area contributed by atoms with Crippen molar-refractivity contribution in [3.63, 3.8) is 0 Å². The number of amides is 2. The number of phenolic OH excluding ortho intramolecular Hbond substituents is 1. The van der Waals surface area contributed by atoms with E-state index in [1.165, 1.54) is 12.1 Å². The van der Waals surface area contributed by atoms with E-state index in [0.29, 0.717) is 24.0 Å². The molecule has 37 heavy (non-hydrogen) atoms. The molecule has 1 aromatic heterocycles. The second kappa shape index (κ2) is 11.2. The molecule has 0 aliphatic rings. The topological polar surface area (TPSA) is 100 Å². The molecule has 4 aromatic rings. The average Bonchev–Trinajstić information content (AvgIpc) is 3.30. The van der Waals surface area contributed by atoms with E-state index < -0.39 is 11.6 Å². The van der Waals surface area contributed by atoms with Gasteiger partial charge >= 0.3 is 0 Å². The van der Waals surface area contributed by atoms with E-state index in [4.69, 9.17) is 0 Å². The van der Waals surface area contributed by atoms with Crippen molar-refractivity contribution in [2.45, 2.75) is 51.7 Å². The van der Waals surface area contributed by atoms with Gasteiger partial charge in [-0.05, 0) is 62.1 Å². The lowest BCUT2D eigenvalue weighted by molar-refractivity contribution is -0.142. The summed E-state index contributed by atoms with van der Waals surface area (Å²) in [5, 5.41) is 21.3. The highest BCUT2D eigenvalue weighted by Gasteiger charge is 2.34. The number of aromatic nitrogens is 3. The molecule has 1 heterocycles. The van der Waals surface area contributed by atoms with Crippen molar-refractivity contribution >= 4 is 22.8 Å². The number of carbonyl (C=O) groups is 2. The van der Waals surface area contributed by atoms with Gasteiger partial charge in [0.05, 0.1) is 5.52 Å². The summed E-state index contributed by atoms with van der Waals surface area (Å²) >= 11 is 0. The smallest absolute Gasteiger partial charge is 0.247 e. The Morgan fingerprint density at radius 1 is 1.00 bits per heavy atom. The lowest BCUT2D eigenvalue weighted by Gasteiger charge is -2.34. The minimum Gasteiger partial charge on any atom is -0.508 e. The number of para-hydroxylation sites is 1. The Labute approximate surface area is 216 Å². The van der Waals surface area contributed by atoms with Crippen molar-refractivity contribution in [1.82, 2.24) is 25.2 Å². The van der Waals surface area contributed by atoms with E-state index in [0.717, 1.165) is 17.5 Å². The van der Waals surface area contributed by atoms with Crippen LogP contribution in [0, 0.1) is 0 Å². The Morgan fingerprint density at radius 3 is 2.38 bits per heavy atom. The zero-order valence-corrected chi connectivity index (χ0v) is 21.5. The van der Waals surface area contributed by atoms with Gasteiger partial charge in [0.1, 0.15) is 23.9 Å². The molecule has 0 radical (unpaired) electrons. The van der Waals surface area contributed by atoms with E-state index in [2.05, 4.69) is 15.6 Å². The van der Waals surface area contributed by atoms with Crippen LogP contribution in [0.1, 0.15) is 44.4 Å². The van der Waals surface area contributed by atoms with Crippen molar-refractivity contribution in [3.8, 4) is 5.75 Å². The third kappa shape index (κ3) is 6.33. The molecule has 0 fully saturated rings. The summed E-state index contributed by atoms with van der Waals surface area (Å²) in [6.07, 6.45) is 1.30. The highest BCUT2D eigenvalue weighted by atomic mass is 16.3. The van der Waals surface area contributed by atoms with Gasteiger partial charge in [0.25, 0.3) is 0 Å². The van der Waals surface area contributed by atoms with E-state index in [1.807, 2.05) is 75.4 Å². The molecule has 0 saturated carbocycles. The molecule has 0 aliphatic carbocycles. The Hall–Kier alpha value is -4.20. The largest absolute Gasteiger partial charge is 0.508 e. The van der Waals surface area contributed by atoms with Crippen LogP contribution in [0.3, 0.4) is 0 Å². The minimum atomic E-state index is -0.891. The van der Waals surface area contributed by atoms with Crippen molar-refractivity contribution in [3.05, 3.63) is 90.0 Å². The number of carbonyl (C=O) groups excluding carboxylic acids is 2. The minimum absolute atomic E-state index is 0.0612. The molecule has 192 valence electrons. The monoisotopic (exact) mass is 499 g/mol. The molecular weight excluding hydrogens is 466 g/mol. The van der Waals surface area contributed by atoms with Crippen molar-refractivity contribution < 1.29 is 14.7 Å². The highest BCUT2D eigenvalue weighted by Crippen LogP contribution is 2.26. The summed E-state index contributed by atoms with van der Waals surface area (Å²) < 4.78 is 1.56. The maximum atomic E-state index is 13.9. The molecule has 0 saturated heterocycles. The van der Waals surface area contributed by atoms with E-state index in [1.54, 1.807) is 21.7 Å². The van der Waals surface area contributed by atoms with Crippen LogP contribution in [-0.2, 0) is 22.6 Å². The second-order valence-electron chi connectivity index (χ2n) is 9.78. The molecule has 0 aliphatic heterocycles. The summed E-state index contributed by atoms with van der Waals surface area (Å²) in [5.41, 5.74) is 2.67. The van der Waals surface area contributed by atoms with Crippen LogP contribution in [0.25, 0.3) is 11.0 Å². The van der Waals surface area contributed by atoms with Crippen LogP contribution in [0.2, 0.25) is 0 Å². The zero-order valence-electron chi connectivity index (χ0n) is 21.5. The zero-order chi connectivity index (χ0) is 26.4. The lowest BCUT2D eigenvalue weighted by atomic mass is 9.98. The fourth-order valence-electron chi connectivity index (χ4n) is 4.16. The fourth-order valence-corrected chi connectivity index (χ4v) is 4.16. The lowest BCUT2D eigenvalue weighted by Crippen LogP contribution is -2.51. The Balaban J connectivity index is 1.71. The number of hydrogen-bond donors (Lipinski definition) is 2. The van der Waals surface area contributed by atoms with Crippen molar-refractivity contribution in [1.29, 1.82) is 0 Å². The first-order valence-electron chi connectivity index (χ1n) is 12.5. The standard InChI is InChI=1S/C29H33N5O3/c1-4-29(2,3)30-28(37)27(22-14-16-23(35)17-15-22)33(19-18-21-10-6-5-7-11-21)26(36)20-34-25-13-9-8-12-24(25)31-32-34/h5-17,27,35H,4,18-20H2,1-3H3,(H,30,37)/t27-/m1/s1. The van der Waals surface area contributed by atoms with Gasteiger partial charge < -0.3 is 15.3 Å². The van der Waals surface area contributed by atoms with Gasteiger partial charge in [0.15, 0.2) is 0 Å². The first-order valence-corrected chi connectivity index (χ1v) is 12.5. The molecule has 0 unspecified atom stereocenters. The summed E-state index contributed by atoms with van der Waals surface area (Å²) in [4.78, 5) is 29.3. The number of phenols is 1. The quantitative estimate of drug-likeness (QED) is 0.340. The molecule has 8 heteroatoms. The molecule has 8 nitrogen and oxygen atoms in total. The van der Waals surface area contributed by atoms with Gasteiger partial charge in [0.2, 0.25) is 11.8 Å². The number of nitrogens with one attached hydrogen (secondary N) is 1. The first-order chi connectivity index (χ1) is 17.8. The van der Waals surface area contributed by atoms with Gasteiger partial charge in [0, 0.05) is 12.1 Å². The van der Waals surface area contributed by atoms with Gasteiger partial charge in [-0.2, -0.15) is 0 Å². The SMILES string of the molecule is CCC(C)(C)NC(=O)[C@@H](c1ccc(O)cc1)N(CCc1ccccc1)C(=O)Cn1nnc2ccccc21. The van der Waals surface area contributed by atoms with Crippen molar-refractivity contribution in [2.75, 3.05) is 6.54 Å². The molecular formula is C29H33N5O3. The summed E-state index contributed by atoms with van der Waals surface area (Å²) in [6, 6.07) is 22.9. The van der Waals surface area contributed by atoms with Gasteiger partial charge in [-0.15, -0.1) is 5.10 Å². The van der Waals surface area contributed by atoms with Crippen LogP contribution >= 0.6 is 0 Å². The molecule has 1 atom stereocenters. The van der Waals surface area contributed by atoms with E-state index in [-0.39, 0.29) is 24.1 Å². The fraction of sp³-hybridized carbons (Fsp3) is 0.310. The molecule has 0 bridgehead atoms. The summed E-state index contributed by atoms with van der Waals surface area (Å²) in [7, 11) is 0. The van der Waals surface area contributed by atoms with Crippen LogP contribution in [0.4, 0.5) is 0 Å². The maximum Gasteiger partial charge on any atom is 0.247 e. The van der Waals surface area contributed by atoms with Crippen molar-refractivity contribution in [2.24, 2.45) is 0 Å². The Kier molecular flexibility index (Phi) is 7.86. The predicted octanol–water partition coefficient (Wildman–Crippen LogP) is 4.25. The van der Waals surface area contributed by atoms with E-state index in [9.17, 15) is 14.7 Å². The molecule has 2 amide bonds. The number of benzene rings is 3. The van der Waals surface area contributed by atoms with Crippen LogP contribution in [-0.4, -0.2) is 48.9 Å². The normalized spacial score (nSPS) is 12.3. The third-order valence-corrected chi connectivity index (χ3v) is 6.62. The number of nitrogens with zero attached hydrogens (tertiary/aromatic N) is 4. The predicted molar refractivity (Wildman–Crippen MR) is 143 cm³/mol. The van der Waals surface area contributed by atoms with Gasteiger partial charge in [-0.3, -0.25) is 9.59 Å². The maximum absolute atomic E-state index is 13.9. The van der Waals surface area contributed by atoms with Crippen LogP contribution < -0.4 is 5.32 Å². The molecule has 4 rings (SSSR count). The number of aromatic hydroxyl groups is 1. The number of fused-ring (bicyclic) bond motifs is 1. The summed E-state index contributed by atoms with van der Waals surface area (Å²) in [5.74, 6) is -0.440. The van der Waals surface area contributed by atoms with Crippen LogP contribution in [0.5, 0.6) is 5.75 Å². The number of hydrogen-bond acceptors (Lipinski definition) is 5. The average molecular weight is 500 g/mol. The second-order valence-corrected chi connectivity index (χ2v) is 9.78. The summed E-state index contributed by atoms with van der Waals surface area (Å²) in [6.45, 7) is 6.17. The molecule has 0 spiro atoms. The van der Waals surface area contributed by atoms with E-state index >= 15 is 0 Å². The molecule has 2 N–H and O–H groups in total. The first kappa shape index (κ1) is 25.9. The third-order valence-electron chi connectivity index (χ3n) is 6.62. The Morgan fingerprint density at radius 2 is 1.68 bits per heavy atom.